The Hall–Kier alpha value is -1.48. The highest BCUT2D eigenvalue weighted by atomic mass is 32.2. The maximum atomic E-state index is 13.3. The highest BCUT2D eigenvalue weighted by Gasteiger charge is 2.70. The number of rotatable bonds is 10. The van der Waals surface area contributed by atoms with E-state index in [1.54, 1.807) is 0 Å². The van der Waals surface area contributed by atoms with Crippen LogP contribution in [0.4, 0.5) is 0 Å². The summed E-state index contributed by atoms with van der Waals surface area (Å²) >= 11 is 0. The molecule has 0 bridgehead atoms. The minimum Gasteiger partial charge on any atom is -0.463 e. The molecule has 10 atom stereocenters. The molecule has 5 fully saturated rings. The Balaban J connectivity index is 1.12. The molecule has 2 N–H and O–H groups in total. The van der Waals surface area contributed by atoms with E-state index in [0.29, 0.717) is 67.0 Å². The minimum atomic E-state index is -2.87. The molecule has 0 amide bonds. The van der Waals surface area contributed by atoms with Gasteiger partial charge in [0.15, 0.2) is 9.84 Å². The van der Waals surface area contributed by atoms with Crippen LogP contribution in [0.2, 0.25) is 0 Å². The van der Waals surface area contributed by atoms with Crippen molar-refractivity contribution >= 4 is 15.8 Å². The summed E-state index contributed by atoms with van der Waals surface area (Å²) in [5, 5.41) is 14.2. The van der Waals surface area contributed by atoms with Gasteiger partial charge in [-0.3, -0.25) is 4.79 Å². The number of carbonyl (C=O) groups is 1. The fourth-order valence-corrected chi connectivity index (χ4v) is 16.5. The van der Waals surface area contributed by atoms with Gasteiger partial charge in [0.05, 0.1) is 23.0 Å². The van der Waals surface area contributed by atoms with Crippen LogP contribution in [-0.2, 0) is 19.4 Å². The minimum absolute atomic E-state index is 0.00557. The molecule has 1 heterocycles. The molecule has 0 aromatic heterocycles. The molecular weight excluding hydrogens is 705 g/mol. The van der Waals surface area contributed by atoms with Gasteiger partial charge in [0.2, 0.25) is 0 Å². The Labute approximate surface area is 334 Å². The fourth-order valence-electron chi connectivity index (χ4n) is 15.3. The summed E-state index contributed by atoms with van der Waals surface area (Å²) in [5.41, 5.74) is 4.69. The number of ether oxygens (including phenoxy) is 1. The van der Waals surface area contributed by atoms with Crippen molar-refractivity contribution in [3.63, 3.8) is 0 Å². The summed E-state index contributed by atoms with van der Waals surface area (Å²) < 4.78 is 29.9. The lowest BCUT2D eigenvalue weighted by Gasteiger charge is -2.72. The number of nitrogens with one attached hydrogen (secondary N) is 1. The second-order valence-corrected chi connectivity index (χ2v) is 23.8. The SMILES string of the molecule is C=C(C)[C@@H]1CC[C@]2(NCCN3CCS(=O)(=O)CC3)CC[C@]3(C)[C@H](CC[C@@H]4[C@@]5(C)CC=C(C6=CC[C@](CCO)(C(=O)OC(C)C)CC6)C(C)(C)[C@@H]5CC[C@]43C)[C@@H]12. The number of fused-ring (bicyclic) bond motifs is 7. The molecule has 6 aliphatic carbocycles. The van der Waals surface area contributed by atoms with Crippen LogP contribution < -0.4 is 5.32 Å². The molecule has 310 valence electrons. The van der Waals surface area contributed by atoms with E-state index in [1.807, 2.05) is 13.8 Å². The van der Waals surface area contributed by atoms with Crippen molar-refractivity contribution in [1.29, 1.82) is 0 Å². The van der Waals surface area contributed by atoms with Crippen LogP contribution in [0.15, 0.2) is 35.5 Å². The normalized spacial score (nSPS) is 43.6. The lowest BCUT2D eigenvalue weighted by Crippen LogP contribution is -2.68. The smallest absolute Gasteiger partial charge is 0.312 e. The van der Waals surface area contributed by atoms with E-state index in [2.05, 4.69) is 70.5 Å². The standard InChI is InChI=1S/C47H76N2O5S/c1-32(2)35-14-21-47(48-25-26-49-27-30-55(52,53)31-28-49)23-22-44(8)37(40(35)47)10-11-39-43(7)17-15-36(42(5,6)38(43)16-18-45(39,44)9)34-12-19-46(20-13-34,24-29-50)41(51)54-33(3)4/h12,15,33,35,37-40,48,50H,1,10-11,13-14,16-31H2,2-9H3/t35-,37+,38-,39+,40+,43-,44+,45+,46-,47-/m0/s1. The van der Waals surface area contributed by atoms with E-state index in [-0.39, 0.29) is 45.9 Å². The van der Waals surface area contributed by atoms with Crippen molar-refractivity contribution in [2.24, 2.45) is 56.7 Å². The van der Waals surface area contributed by atoms with Crippen LogP contribution in [0.5, 0.6) is 0 Å². The topological polar surface area (TPSA) is 95.9 Å². The van der Waals surface area contributed by atoms with Crippen molar-refractivity contribution in [2.45, 2.75) is 151 Å². The Bertz CT molecular complexity index is 1670. The maximum absolute atomic E-state index is 13.3. The zero-order valence-electron chi connectivity index (χ0n) is 35.9. The van der Waals surface area contributed by atoms with Gasteiger partial charge in [-0.05, 0) is 167 Å². The third kappa shape index (κ3) is 6.79. The quantitative estimate of drug-likeness (QED) is 0.169. The number of carbonyl (C=O) groups excluding carboxylic acids is 1. The molecule has 1 aliphatic heterocycles. The Morgan fingerprint density at radius 1 is 0.945 bits per heavy atom. The molecule has 7 nitrogen and oxygen atoms in total. The average Bonchev–Trinajstić information content (AvgIpc) is 3.49. The number of hydrogen-bond acceptors (Lipinski definition) is 7. The van der Waals surface area contributed by atoms with Crippen LogP contribution >= 0.6 is 0 Å². The van der Waals surface area contributed by atoms with Gasteiger partial charge in [-0.25, -0.2) is 8.42 Å². The van der Waals surface area contributed by atoms with E-state index in [0.717, 1.165) is 32.4 Å². The van der Waals surface area contributed by atoms with Gasteiger partial charge in [-0.2, -0.15) is 0 Å². The van der Waals surface area contributed by atoms with Crippen molar-refractivity contribution in [3.05, 3.63) is 35.5 Å². The highest BCUT2D eigenvalue weighted by molar-refractivity contribution is 7.91. The number of nitrogens with zero attached hydrogens (tertiary/aromatic N) is 1. The van der Waals surface area contributed by atoms with Crippen LogP contribution in [0.3, 0.4) is 0 Å². The monoisotopic (exact) mass is 781 g/mol. The van der Waals surface area contributed by atoms with Crippen LogP contribution in [-0.4, -0.2) is 80.3 Å². The zero-order chi connectivity index (χ0) is 39.8. The second-order valence-electron chi connectivity index (χ2n) is 21.4. The average molecular weight is 781 g/mol. The fraction of sp³-hybridized carbons (Fsp3) is 0.851. The van der Waals surface area contributed by atoms with E-state index >= 15 is 0 Å². The molecule has 1 saturated heterocycles. The molecule has 0 aromatic rings. The number of hydrogen-bond donors (Lipinski definition) is 2. The summed E-state index contributed by atoms with van der Waals surface area (Å²) in [5.74, 6) is 3.59. The van der Waals surface area contributed by atoms with Crippen LogP contribution in [0, 0.1) is 56.7 Å². The van der Waals surface area contributed by atoms with Gasteiger partial charge >= 0.3 is 5.97 Å². The predicted molar refractivity (Wildman–Crippen MR) is 223 cm³/mol. The molecule has 0 spiro atoms. The number of aliphatic hydroxyl groups excluding tert-OH is 1. The first-order valence-corrected chi connectivity index (χ1v) is 24.1. The van der Waals surface area contributed by atoms with Crippen molar-refractivity contribution in [2.75, 3.05) is 44.3 Å². The van der Waals surface area contributed by atoms with Gasteiger partial charge in [-0.1, -0.05) is 58.9 Å². The lowest BCUT2D eigenvalue weighted by atomic mass is 9.33. The van der Waals surface area contributed by atoms with E-state index in [4.69, 9.17) is 4.74 Å². The first kappa shape index (κ1) is 41.7. The molecule has 7 rings (SSSR count). The van der Waals surface area contributed by atoms with Gasteiger partial charge in [0, 0.05) is 38.3 Å². The third-order valence-electron chi connectivity index (χ3n) is 18.3. The molecular formula is C47H76N2O5S. The van der Waals surface area contributed by atoms with Crippen molar-refractivity contribution in [1.82, 2.24) is 10.2 Å². The molecule has 4 saturated carbocycles. The lowest BCUT2D eigenvalue weighted by molar-refractivity contribution is -0.221. The second kappa shape index (κ2) is 14.7. The van der Waals surface area contributed by atoms with Gasteiger partial charge < -0.3 is 20.1 Å². The van der Waals surface area contributed by atoms with E-state index in [1.165, 1.54) is 68.1 Å². The predicted octanol–water partition coefficient (Wildman–Crippen LogP) is 8.68. The molecule has 8 heteroatoms. The number of allylic oxidation sites excluding steroid dienone is 5. The molecule has 55 heavy (non-hydrogen) atoms. The maximum Gasteiger partial charge on any atom is 0.312 e. The zero-order valence-corrected chi connectivity index (χ0v) is 36.7. The Morgan fingerprint density at radius 3 is 2.31 bits per heavy atom. The largest absolute Gasteiger partial charge is 0.463 e. The molecule has 7 aliphatic rings. The summed E-state index contributed by atoms with van der Waals surface area (Å²) in [6.45, 7) is 27.1. The van der Waals surface area contributed by atoms with E-state index in [9.17, 15) is 18.3 Å². The van der Waals surface area contributed by atoms with Gasteiger partial charge in [-0.15, -0.1) is 0 Å². The first-order chi connectivity index (χ1) is 25.8. The summed E-state index contributed by atoms with van der Waals surface area (Å²) in [4.78, 5) is 15.7. The Kier molecular flexibility index (Phi) is 11.1. The Morgan fingerprint density at radius 2 is 1.67 bits per heavy atom. The van der Waals surface area contributed by atoms with Crippen LogP contribution in [0.25, 0.3) is 0 Å². The van der Waals surface area contributed by atoms with Crippen LogP contribution in [0.1, 0.15) is 139 Å². The van der Waals surface area contributed by atoms with E-state index < -0.39 is 15.3 Å². The third-order valence-corrected chi connectivity index (χ3v) is 19.9. The number of sulfone groups is 1. The van der Waals surface area contributed by atoms with Crippen molar-refractivity contribution < 1.29 is 23.1 Å². The van der Waals surface area contributed by atoms with Gasteiger partial charge in [0.1, 0.15) is 0 Å². The molecule has 0 aromatic carbocycles. The van der Waals surface area contributed by atoms with Crippen molar-refractivity contribution in [3.8, 4) is 0 Å². The number of aliphatic hydroxyl groups is 1. The van der Waals surface area contributed by atoms with Gasteiger partial charge in [0.25, 0.3) is 0 Å². The number of esters is 1. The summed E-state index contributed by atoms with van der Waals surface area (Å²) in [6.07, 6.45) is 18.8. The first-order valence-electron chi connectivity index (χ1n) is 22.3. The molecule has 0 unspecified atom stereocenters. The summed E-state index contributed by atoms with van der Waals surface area (Å²) in [7, 11) is -2.87. The highest BCUT2D eigenvalue weighted by Crippen LogP contribution is 2.76. The summed E-state index contributed by atoms with van der Waals surface area (Å²) in [6, 6.07) is 0. The molecule has 0 radical (unpaired) electrons.